The summed E-state index contributed by atoms with van der Waals surface area (Å²) in [5.74, 6) is 0. The standard InChI is InChI=1S/C11H16F3N3OS/c12-11(13,14)9(18)8-3-1-2-4-17(8)6-7-5-16-10(15)19-7/h5,8-9,18H,1-4,6H2,(H2,15,16). The van der Waals surface area contributed by atoms with Crippen molar-refractivity contribution < 1.29 is 18.3 Å². The SMILES string of the molecule is Nc1ncc(CN2CCCCC2C(O)C(F)(F)F)s1. The van der Waals surface area contributed by atoms with E-state index in [0.29, 0.717) is 31.1 Å². The number of thiazole rings is 1. The zero-order valence-electron chi connectivity index (χ0n) is 10.2. The lowest BCUT2D eigenvalue weighted by molar-refractivity contribution is -0.225. The van der Waals surface area contributed by atoms with Crippen LogP contribution < -0.4 is 5.73 Å². The molecule has 4 nitrogen and oxygen atoms in total. The number of nitrogens with two attached hydrogens (primary N) is 1. The molecule has 0 spiro atoms. The van der Waals surface area contributed by atoms with Crippen LogP contribution in [0.4, 0.5) is 18.3 Å². The number of piperidine rings is 1. The molecule has 1 fully saturated rings. The van der Waals surface area contributed by atoms with E-state index in [4.69, 9.17) is 5.73 Å². The van der Waals surface area contributed by atoms with E-state index in [2.05, 4.69) is 4.98 Å². The van der Waals surface area contributed by atoms with Gasteiger partial charge in [0.15, 0.2) is 11.2 Å². The summed E-state index contributed by atoms with van der Waals surface area (Å²) in [5.41, 5.74) is 5.51. The summed E-state index contributed by atoms with van der Waals surface area (Å²) in [7, 11) is 0. The van der Waals surface area contributed by atoms with Crippen LogP contribution in [-0.2, 0) is 6.54 Å². The Hall–Kier alpha value is -0.860. The fourth-order valence-corrected chi connectivity index (χ4v) is 3.09. The summed E-state index contributed by atoms with van der Waals surface area (Å²) in [6.07, 6.45) is -3.39. The number of halogens is 3. The number of aliphatic hydroxyl groups is 1. The van der Waals surface area contributed by atoms with Crippen molar-refractivity contribution in [3.05, 3.63) is 11.1 Å². The normalized spacial score (nSPS) is 23.5. The van der Waals surface area contributed by atoms with E-state index in [1.807, 2.05) is 0 Å². The third kappa shape index (κ3) is 3.58. The summed E-state index contributed by atoms with van der Waals surface area (Å²) in [5, 5.41) is 9.86. The summed E-state index contributed by atoms with van der Waals surface area (Å²) in [6.45, 7) is 0.905. The van der Waals surface area contributed by atoms with Gasteiger partial charge in [0.1, 0.15) is 0 Å². The second-order valence-corrected chi connectivity index (χ2v) is 5.83. The highest BCUT2D eigenvalue weighted by Crippen LogP contribution is 2.31. The predicted molar refractivity (Wildman–Crippen MR) is 66.6 cm³/mol. The molecule has 2 unspecified atom stereocenters. The van der Waals surface area contributed by atoms with Crippen LogP contribution in [0.3, 0.4) is 0 Å². The molecule has 0 aromatic carbocycles. The Morgan fingerprint density at radius 1 is 1.53 bits per heavy atom. The summed E-state index contributed by atoms with van der Waals surface area (Å²) in [6, 6.07) is -0.878. The van der Waals surface area contributed by atoms with Crippen LogP contribution in [-0.4, -0.2) is 39.9 Å². The molecule has 19 heavy (non-hydrogen) atoms. The van der Waals surface area contributed by atoms with E-state index in [1.54, 1.807) is 11.1 Å². The predicted octanol–water partition coefficient (Wildman–Crippen LogP) is 2.00. The molecule has 8 heteroatoms. The van der Waals surface area contributed by atoms with Gasteiger partial charge in [-0.1, -0.05) is 6.42 Å². The van der Waals surface area contributed by atoms with Crippen LogP contribution in [0.2, 0.25) is 0 Å². The number of nitrogens with zero attached hydrogens (tertiary/aromatic N) is 2. The maximum absolute atomic E-state index is 12.6. The Balaban J connectivity index is 2.07. The molecule has 1 saturated heterocycles. The first kappa shape index (κ1) is 14.5. The van der Waals surface area contributed by atoms with Crippen molar-refractivity contribution in [2.75, 3.05) is 12.3 Å². The number of hydrogen-bond donors (Lipinski definition) is 2. The van der Waals surface area contributed by atoms with Crippen molar-refractivity contribution in [3.63, 3.8) is 0 Å². The van der Waals surface area contributed by atoms with Gasteiger partial charge in [-0.25, -0.2) is 4.98 Å². The molecule has 3 N–H and O–H groups in total. The lowest BCUT2D eigenvalue weighted by atomic mass is 9.97. The lowest BCUT2D eigenvalue weighted by Crippen LogP contribution is -2.51. The van der Waals surface area contributed by atoms with Crippen molar-refractivity contribution in [2.45, 2.75) is 44.1 Å². The minimum atomic E-state index is -4.58. The molecule has 0 aliphatic carbocycles. The topological polar surface area (TPSA) is 62.4 Å². The molecular formula is C11H16F3N3OS. The Labute approximate surface area is 113 Å². The summed E-state index contributed by atoms with van der Waals surface area (Å²) >= 11 is 1.26. The van der Waals surface area contributed by atoms with Crippen LogP contribution in [0.25, 0.3) is 0 Å². The molecule has 2 heterocycles. The molecule has 108 valence electrons. The number of rotatable bonds is 3. The molecule has 0 amide bonds. The minimum absolute atomic E-state index is 0.354. The smallest absolute Gasteiger partial charge is 0.382 e. The summed E-state index contributed by atoms with van der Waals surface area (Å²) in [4.78, 5) is 6.38. The van der Waals surface area contributed by atoms with Crippen LogP contribution in [0, 0.1) is 0 Å². The van der Waals surface area contributed by atoms with E-state index >= 15 is 0 Å². The van der Waals surface area contributed by atoms with E-state index in [1.165, 1.54) is 11.3 Å². The second kappa shape index (κ2) is 5.64. The zero-order valence-corrected chi connectivity index (χ0v) is 11.0. The molecular weight excluding hydrogens is 279 g/mol. The molecule has 1 aromatic rings. The number of anilines is 1. The number of alkyl halides is 3. The van der Waals surface area contributed by atoms with Crippen LogP contribution in [0.5, 0.6) is 0 Å². The van der Waals surface area contributed by atoms with Crippen LogP contribution in [0.15, 0.2) is 6.20 Å². The fraction of sp³-hybridized carbons (Fsp3) is 0.727. The molecule has 2 rings (SSSR count). The van der Waals surface area contributed by atoms with E-state index in [-0.39, 0.29) is 0 Å². The van der Waals surface area contributed by atoms with Gasteiger partial charge >= 0.3 is 6.18 Å². The highest BCUT2D eigenvalue weighted by atomic mass is 32.1. The maximum Gasteiger partial charge on any atom is 0.415 e. The number of nitrogen functional groups attached to an aromatic ring is 1. The Bertz CT molecular complexity index is 424. The number of hydrogen-bond acceptors (Lipinski definition) is 5. The molecule has 0 saturated carbocycles. The number of aromatic nitrogens is 1. The van der Waals surface area contributed by atoms with Crippen LogP contribution >= 0.6 is 11.3 Å². The first-order chi connectivity index (χ1) is 8.88. The van der Waals surface area contributed by atoms with E-state index < -0.39 is 18.3 Å². The fourth-order valence-electron chi connectivity index (χ4n) is 2.38. The van der Waals surface area contributed by atoms with Crippen molar-refractivity contribution in [1.82, 2.24) is 9.88 Å². The third-order valence-corrected chi connectivity index (χ3v) is 4.11. The van der Waals surface area contributed by atoms with Gasteiger partial charge in [-0.2, -0.15) is 13.2 Å². The van der Waals surface area contributed by atoms with Crippen molar-refractivity contribution in [3.8, 4) is 0 Å². The highest BCUT2D eigenvalue weighted by molar-refractivity contribution is 7.15. The molecule has 0 bridgehead atoms. The molecule has 1 aliphatic rings. The monoisotopic (exact) mass is 295 g/mol. The Kier molecular flexibility index (Phi) is 4.32. The van der Waals surface area contributed by atoms with Gasteiger partial charge in [0.2, 0.25) is 0 Å². The van der Waals surface area contributed by atoms with Gasteiger partial charge in [-0.3, -0.25) is 4.90 Å². The zero-order chi connectivity index (χ0) is 14.0. The first-order valence-electron chi connectivity index (χ1n) is 6.07. The molecule has 0 radical (unpaired) electrons. The lowest BCUT2D eigenvalue weighted by Gasteiger charge is -2.38. The van der Waals surface area contributed by atoms with Gasteiger partial charge < -0.3 is 10.8 Å². The van der Waals surface area contributed by atoms with Gasteiger partial charge in [0.05, 0.1) is 0 Å². The average Bonchev–Trinajstić information content (AvgIpc) is 2.73. The third-order valence-electron chi connectivity index (χ3n) is 3.29. The number of aliphatic hydroxyl groups excluding tert-OH is 1. The van der Waals surface area contributed by atoms with Crippen molar-refractivity contribution >= 4 is 16.5 Å². The highest BCUT2D eigenvalue weighted by Gasteiger charge is 2.46. The second-order valence-electron chi connectivity index (χ2n) is 4.68. The number of likely N-dealkylation sites (tertiary alicyclic amines) is 1. The van der Waals surface area contributed by atoms with Gasteiger partial charge in [-0.05, 0) is 19.4 Å². The molecule has 1 aromatic heterocycles. The Morgan fingerprint density at radius 2 is 2.26 bits per heavy atom. The average molecular weight is 295 g/mol. The minimum Gasteiger partial charge on any atom is -0.382 e. The van der Waals surface area contributed by atoms with Gasteiger partial charge in [0.25, 0.3) is 0 Å². The summed E-state index contributed by atoms with van der Waals surface area (Å²) < 4.78 is 37.9. The van der Waals surface area contributed by atoms with E-state index in [0.717, 1.165) is 11.3 Å². The largest absolute Gasteiger partial charge is 0.415 e. The van der Waals surface area contributed by atoms with Crippen molar-refractivity contribution in [1.29, 1.82) is 0 Å². The van der Waals surface area contributed by atoms with Crippen molar-refractivity contribution in [2.24, 2.45) is 0 Å². The van der Waals surface area contributed by atoms with Crippen LogP contribution in [0.1, 0.15) is 24.1 Å². The molecule has 1 aliphatic heterocycles. The Morgan fingerprint density at radius 3 is 2.84 bits per heavy atom. The molecule has 2 atom stereocenters. The van der Waals surface area contributed by atoms with Gasteiger partial charge in [-0.15, -0.1) is 11.3 Å². The quantitative estimate of drug-likeness (QED) is 0.895. The maximum atomic E-state index is 12.6. The van der Waals surface area contributed by atoms with E-state index in [9.17, 15) is 18.3 Å². The first-order valence-corrected chi connectivity index (χ1v) is 6.88. The van der Waals surface area contributed by atoms with Gasteiger partial charge in [0, 0.05) is 23.7 Å².